The highest BCUT2D eigenvalue weighted by molar-refractivity contribution is 7.14. The lowest BCUT2D eigenvalue weighted by atomic mass is 9.96. The maximum Gasteiger partial charge on any atom is 0.251 e. The molecule has 2 amide bonds. The van der Waals surface area contributed by atoms with Crippen LogP contribution in [0.4, 0.5) is 5.13 Å². The molecular formula is C24H31N3O3S. The molecule has 6 nitrogen and oxygen atoms in total. The summed E-state index contributed by atoms with van der Waals surface area (Å²) in [7, 11) is 0. The van der Waals surface area contributed by atoms with Crippen LogP contribution < -0.4 is 10.6 Å². The monoisotopic (exact) mass is 441 g/mol. The molecule has 0 aliphatic rings. The number of hydrogen-bond acceptors (Lipinski definition) is 5. The third kappa shape index (κ3) is 7.45. The van der Waals surface area contributed by atoms with E-state index in [9.17, 15) is 14.7 Å². The first-order chi connectivity index (χ1) is 14.6. The average molecular weight is 442 g/mol. The molecule has 0 fully saturated rings. The highest BCUT2D eigenvalue weighted by atomic mass is 32.1. The normalized spacial score (nSPS) is 13.3. The second-order valence-electron chi connectivity index (χ2n) is 7.90. The molecule has 1 aromatic carbocycles. The first-order valence-corrected chi connectivity index (χ1v) is 11.2. The number of aromatic nitrogens is 1. The number of carbonyl (C=O) groups is 2. The molecule has 3 N–H and O–H groups in total. The summed E-state index contributed by atoms with van der Waals surface area (Å²) < 4.78 is 0. The highest BCUT2D eigenvalue weighted by Gasteiger charge is 2.17. The zero-order chi connectivity index (χ0) is 23.0. The van der Waals surface area contributed by atoms with E-state index in [-0.39, 0.29) is 18.4 Å². The van der Waals surface area contributed by atoms with Crippen molar-refractivity contribution in [3.8, 4) is 11.3 Å². The molecule has 2 rings (SSSR count). The number of nitrogens with zero attached hydrogens (tertiary/aromatic N) is 1. The SMILES string of the molecule is C/C=C(\C=C/C(C)CC)C(=O)NCC(=O)Nc1nc(-c2cccc(C(C)(C)O)c2)cs1. The molecule has 2 aromatic rings. The molecule has 1 atom stereocenters. The fraction of sp³-hybridized carbons (Fsp3) is 0.375. The Bertz CT molecular complexity index is 970. The van der Waals surface area contributed by atoms with E-state index in [1.165, 1.54) is 11.3 Å². The summed E-state index contributed by atoms with van der Waals surface area (Å²) >= 11 is 1.30. The topological polar surface area (TPSA) is 91.3 Å². The van der Waals surface area contributed by atoms with E-state index in [0.717, 1.165) is 17.5 Å². The molecule has 0 saturated carbocycles. The fourth-order valence-corrected chi connectivity index (χ4v) is 3.39. The Kier molecular flexibility index (Phi) is 8.71. The van der Waals surface area contributed by atoms with Crippen LogP contribution in [-0.2, 0) is 15.2 Å². The van der Waals surface area contributed by atoms with Gasteiger partial charge in [0.1, 0.15) is 0 Å². The van der Waals surface area contributed by atoms with E-state index in [0.29, 0.717) is 22.3 Å². The molecule has 0 aliphatic carbocycles. The van der Waals surface area contributed by atoms with E-state index >= 15 is 0 Å². The number of thiazole rings is 1. The number of benzene rings is 1. The van der Waals surface area contributed by atoms with Gasteiger partial charge in [-0.2, -0.15) is 0 Å². The Hall–Kier alpha value is -2.77. The summed E-state index contributed by atoms with van der Waals surface area (Å²) in [6.45, 7) is 9.27. The van der Waals surface area contributed by atoms with Gasteiger partial charge in [-0.1, -0.05) is 56.7 Å². The minimum Gasteiger partial charge on any atom is -0.386 e. The Balaban J connectivity index is 1.95. The van der Waals surface area contributed by atoms with E-state index in [4.69, 9.17) is 0 Å². The lowest BCUT2D eigenvalue weighted by molar-refractivity contribution is -0.121. The van der Waals surface area contributed by atoms with Gasteiger partial charge in [-0.15, -0.1) is 11.3 Å². The van der Waals surface area contributed by atoms with Crippen LogP contribution in [-0.4, -0.2) is 28.4 Å². The molecule has 1 heterocycles. The van der Waals surface area contributed by atoms with E-state index in [1.54, 1.807) is 32.9 Å². The molecule has 1 aromatic heterocycles. The van der Waals surface area contributed by atoms with Gasteiger partial charge < -0.3 is 15.7 Å². The van der Waals surface area contributed by atoms with Crippen molar-refractivity contribution in [2.75, 3.05) is 11.9 Å². The molecular weight excluding hydrogens is 410 g/mol. The first kappa shape index (κ1) is 24.5. The van der Waals surface area contributed by atoms with E-state index in [2.05, 4.69) is 29.5 Å². The standard InChI is InChI=1S/C24H31N3O3S/c1-6-16(3)11-12-17(7-2)22(29)25-14-21(28)27-23-26-20(15-31-23)18-9-8-10-19(13-18)24(4,5)30/h7-13,15-16,30H,6,14H2,1-5H3,(H,25,29)(H,26,27,28)/b12-11-,17-7+. The second kappa shape index (κ2) is 11.0. The number of rotatable bonds is 9. The van der Waals surface area contributed by atoms with E-state index < -0.39 is 5.60 Å². The van der Waals surface area contributed by atoms with Crippen molar-refractivity contribution in [3.63, 3.8) is 0 Å². The number of hydrogen-bond donors (Lipinski definition) is 3. The molecule has 7 heteroatoms. The Labute approximate surface area is 188 Å². The van der Waals surface area contributed by atoms with Gasteiger partial charge >= 0.3 is 0 Å². The Morgan fingerprint density at radius 2 is 2.06 bits per heavy atom. The smallest absolute Gasteiger partial charge is 0.251 e. The van der Waals surface area contributed by atoms with Gasteiger partial charge in [-0.3, -0.25) is 9.59 Å². The zero-order valence-corrected chi connectivity index (χ0v) is 19.5. The van der Waals surface area contributed by atoms with Gasteiger partial charge in [0.05, 0.1) is 17.8 Å². The van der Waals surface area contributed by atoms with Crippen LogP contribution in [0.1, 0.15) is 46.6 Å². The Morgan fingerprint density at radius 1 is 1.32 bits per heavy atom. The van der Waals surface area contributed by atoms with Gasteiger partial charge in [-0.05, 0) is 38.3 Å². The minimum atomic E-state index is -0.948. The number of aliphatic hydroxyl groups is 1. The molecule has 0 aliphatic heterocycles. The first-order valence-electron chi connectivity index (χ1n) is 10.4. The highest BCUT2D eigenvalue weighted by Crippen LogP contribution is 2.28. The predicted molar refractivity (Wildman–Crippen MR) is 127 cm³/mol. The van der Waals surface area contributed by atoms with Crippen LogP contribution in [0.5, 0.6) is 0 Å². The molecule has 0 saturated heterocycles. The van der Waals surface area contributed by atoms with Crippen molar-refractivity contribution < 1.29 is 14.7 Å². The van der Waals surface area contributed by atoms with Crippen molar-refractivity contribution in [1.82, 2.24) is 10.3 Å². The largest absolute Gasteiger partial charge is 0.386 e. The molecule has 0 radical (unpaired) electrons. The molecule has 31 heavy (non-hydrogen) atoms. The summed E-state index contributed by atoms with van der Waals surface area (Å²) in [6.07, 6.45) is 6.49. The van der Waals surface area contributed by atoms with Gasteiger partial charge in [0.15, 0.2) is 5.13 Å². The van der Waals surface area contributed by atoms with Crippen molar-refractivity contribution in [2.45, 2.75) is 46.6 Å². The van der Waals surface area contributed by atoms with Gasteiger partial charge in [-0.25, -0.2) is 4.98 Å². The summed E-state index contributed by atoms with van der Waals surface area (Å²) in [4.78, 5) is 29.0. The van der Waals surface area contributed by atoms with Gasteiger partial charge in [0.2, 0.25) is 5.91 Å². The number of carbonyl (C=O) groups excluding carboxylic acids is 2. The third-order valence-electron chi connectivity index (χ3n) is 4.85. The summed E-state index contributed by atoms with van der Waals surface area (Å²) in [5, 5.41) is 17.8. The average Bonchev–Trinajstić information content (AvgIpc) is 3.20. The fourth-order valence-electron chi connectivity index (χ4n) is 2.66. The maximum atomic E-state index is 12.3. The van der Waals surface area contributed by atoms with Crippen molar-refractivity contribution >= 4 is 28.3 Å². The van der Waals surface area contributed by atoms with Crippen LogP contribution in [0.15, 0.2) is 53.4 Å². The number of nitrogens with one attached hydrogen (secondary N) is 2. The van der Waals surface area contributed by atoms with Crippen LogP contribution in [0.25, 0.3) is 11.3 Å². The summed E-state index contributed by atoms with van der Waals surface area (Å²) in [6, 6.07) is 7.51. The number of amides is 2. The van der Waals surface area contributed by atoms with Crippen LogP contribution in [0.2, 0.25) is 0 Å². The summed E-state index contributed by atoms with van der Waals surface area (Å²) in [5.74, 6) is -0.254. The molecule has 166 valence electrons. The predicted octanol–water partition coefficient (Wildman–Crippen LogP) is 4.64. The van der Waals surface area contributed by atoms with Crippen molar-refractivity contribution in [3.05, 3.63) is 59.0 Å². The molecule has 0 bridgehead atoms. The third-order valence-corrected chi connectivity index (χ3v) is 5.60. The lowest BCUT2D eigenvalue weighted by Crippen LogP contribution is -2.33. The maximum absolute atomic E-state index is 12.3. The van der Waals surface area contributed by atoms with Crippen molar-refractivity contribution in [2.24, 2.45) is 5.92 Å². The second-order valence-corrected chi connectivity index (χ2v) is 8.76. The zero-order valence-electron chi connectivity index (χ0n) is 18.7. The molecule has 0 spiro atoms. The van der Waals surface area contributed by atoms with Crippen LogP contribution in [0.3, 0.4) is 0 Å². The number of allylic oxidation sites excluding steroid dienone is 2. The quantitative estimate of drug-likeness (QED) is 0.390. The van der Waals surface area contributed by atoms with Crippen molar-refractivity contribution in [1.29, 1.82) is 0 Å². The van der Waals surface area contributed by atoms with Gasteiger partial charge in [0, 0.05) is 16.5 Å². The Morgan fingerprint density at radius 3 is 2.71 bits per heavy atom. The van der Waals surface area contributed by atoms with E-state index in [1.807, 2.05) is 35.7 Å². The molecule has 1 unspecified atom stereocenters. The van der Waals surface area contributed by atoms with Crippen LogP contribution in [0, 0.1) is 5.92 Å². The minimum absolute atomic E-state index is 0.142. The van der Waals surface area contributed by atoms with Crippen LogP contribution >= 0.6 is 11.3 Å². The number of anilines is 1. The lowest BCUT2D eigenvalue weighted by Gasteiger charge is -2.18. The van der Waals surface area contributed by atoms with Gasteiger partial charge in [0.25, 0.3) is 5.91 Å². The summed E-state index contributed by atoms with van der Waals surface area (Å²) in [5.41, 5.74) is 1.93.